The second-order valence-electron chi connectivity index (χ2n) is 9.91. The number of hydrogen-bond donors (Lipinski definition) is 0. The number of esters is 1. The van der Waals surface area contributed by atoms with Gasteiger partial charge in [0.25, 0.3) is 0 Å². The third-order valence-electron chi connectivity index (χ3n) is 6.37. The molecular weight excluding hydrogens is 585 g/mol. The molecule has 3 rings (SSSR count). The van der Waals surface area contributed by atoms with Crippen molar-refractivity contribution < 1.29 is 23.6 Å². The molecule has 0 spiro atoms. The predicted molar refractivity (Wildman–Crippen MR) is 176 cm³/mol. The van der Waals surface area contributed by atoms with Crippen LogP contribution in [0.25, 0.3) is 0 Å². The second kappa shape index (κ2) is 19.5. The maximum Gasteiger partial charge on any atom is 0.411 e. The zero-order chi connectivity index (χ0) is 29.9. The third-order valence-corrected chi connectivity index (χ3v) is 14.8. The Morgan fingerprint density at radius 1 is 0.714 bits per heavy atom. The van der Waals surface area contributed by atoms with Crippen LogP contribution in [0.4, 0.5) is 4.79 Å². The Hall–Kier alpha value is -2.67. The van der Waals surface area contributed by atoms with Gasteiger partial charge in [-0.3, -0.25) is 14.3 Å². The fourth-order valence-electron chi connectivity index (χ4n) is 4.09. The van der Waals surface area contributed by atoms with Crippen molar-refractivity contribution in [2.24, 2.45) is 0 Å². The van der Waals surface area contributed by atoms with Gasteiger partial charge in [0, 0.05) is 11.5 Å². The quantitative estimate of drug-likeness (QED) is 0.0747. The monoisotopic (exact) mass is 627 g/mol. The normalized spacial score (nSPS) is 11.2. The van der Waals surface area contributed by atoms with Crippen molar-refractivity contribution in [2.45, 2.75) is 52.1 Å². The number of unbranched alkanes of at least 4 members (excludes halogenated alkanes) is 1. The number of carbonyl (C=O) groups excluding carboxylic acids is 2. The fraction of sp³-hybridized carbons (Fsp3) is 0.394. The number of hydrogen-bond acceptors (Lipinski definition) is 7. The van der Waals surface area contributed by atoms with Crippen LogP contribution in [0.1, 0.15) is 49.3 Å². The van der Waals surface area contributed by atoms with Crippen LogP contribution in [0.3, 0.4) is 0 Å². The first kappa shape index (κ1) is 33.8. The largest absolute Gasteiger partial charge is 0.464 e. The van der Waals surface area contributed by atoms with Crippen LogP contribution in [0, 0.1) is 0 Å². The molecule has 9 heteroatoms. The van der Waals surface area contributed by atoms with Crippen LogP contribution in [0.5, 0.6) is 0 Å². The van der Waals surface area contributed by atoms with Crippen molar-refractivity contribution in [3.05, 3.63) is 108 Å². The van der Waals surface area contributed by atoms with Gasteiger partial charge in [-0.2, -0.15) is 0 Å². The number of benzene rings is 3. The van der Waals surface area contributed by atoms with Crippen LogP contribution in [0.15, 0.2) is 91.0 Å². The summed E-state index contributed by atoms with van der Waals surface area (Å²) in [6, 6.07) is 29.8. The molecule has 42 heavy (non-hydrogen) atoms. The summed E-state index contributed by atoms with van der Waals surface area (Å²) >= 11 is 2.83. The van der Waals surface area contributed by atoms with Crippen molar-refractivity contribution in [1.82, 2.24) is 4.90 Å². The number of nitrogens with zero attached hydrogens (tertiary/aromatic N) is 1. The minimum Gasteiger partial charge on any atom is -0.464 e. The number of carbonyl (C=O) groups is 2. The fourth-order valence-corrected chi connectivity index (χ4v) is 12.1. The highest BCUT2D eigenvalue weighted by Crippen LogP contribution is 2.69. The van der Waals surface area contributed by atoms with E-state index in [1.807, 2.05) is 73.7 Å². The molecule has 0 bridgehead atoms. The molecule has 0 radical (unpaired) electrons. The average Bonchev–Trinajstić information content (AvgIpc) is 3.02. The number of aryl methyl sites for hydroxylation is 2. The van der Waals surface area contributed by atoms with Crippen LogP contribution < -0.4 is 0 Å². The molecule has 0 unspecified atom stereocenters. The summed E-state index contributed by atoms with van der Waals surface area (Å²) in [7, 11) is 0. The second-order valence-corrected chi connectivity index (χ2v) is 18.5. The molecule has 0 N–H and O–H groups in total. The molecular formula is C33H42NO5PS2. The number of amides is 1. The Kier molecular flexibility index (Phi) is 15.7. The Balaban J connectivity index is 1.67. The summed E-state index contributed by atoms with van der Waals surface area (Å²) in [5.74, 6) is 0.854. The lowest BCUT2D eigenvalue weighted by atomic mass is 10.1. The molecule has 3 aromatic carbocycles. The van der Waals surface area contributed by atoms with Gasteiger partial charge in [-0.1, -0.05) is 127 Å². The van der Waals surface area contributed by atoms with Crippen molar-refractivity contribution in [1.29, 1.82) is 0 Å². The van der Waals surface area contributed by atoms with E-state index in [1.165, 1.54) is 38.8 Å². The predicted octanol–water partition coefficient (Wildman–Crippen LogP) is 8.85. The van der Waals surface area contributed by atoms with Crippen LogP contribution in [-0.4, -0.2) is 47.9 Å². The van der Waals surface area contributed by atoms with Gasteiger partial charge in [-0.05, 0) is 48.8 Å². The summed E-state index contributed by atoms with van der Waals surface area (Å²) in [5.41, 5.74) is 0.314. The minimum atomic E-state index is -3.00. The Bertz CT molecular complexity index is 1180. The smallest absolute Gasteiger partial charge is 0.411 e. The van der Waals surface area contributed by atoms with Crippen LogP contribution >= 0.6 is 28.3 Å². The maximum atomic E-state index is 14.4. The summed E-state index contributed by atoms with van der Waals surface area (Å²) in [5, 5.41) is 0. The van der Waals surface area contributed by atoms with E-state index >= 15 is 0 Å². The molecule has 0 fully saturated rings. The lowest BCUT2D eigenvalue weighted by Gasteiger charge is -2.26. The van der Waals surface area contributed by atoms with Crippen molar-refractivity contribution in [2.75, 3.05) is 30.9 Å². The van der Waals surface area contributed by atoms with Gasteiger partial charge in [-0.25, -0.2) is 4.79 Å². The highest BCUT2D eigenvalue weighted by molar-refractivity contribution is 8.90. The van der Waals surface area contributed by atoms with Crippen molar-refractivity contribution in [3.8, 4) is 0 Å². The van der Waals surface area contributed by atoms with Crippen LogP contribution in [-0.2, 0) is 38.3 Å². The molecule has 0 saturated carbocycles. The van der Waals surface area contributed by atoms with Gasteiger partial charge >= 0.3 is 12.1 Å². The van der Waals surface area contributed by atoms with Gasteiger partial charge < -0.3 is 9.47 Å². The summed E-state index contributed by atoms with van der Waals surface area (Å²) in [4.78, 5) is 27.2. The molecule has 0 aromatic heterocycles. The average molecular weight is 628 g/mol. The van der Waals surface area contributed by atoms with Crippen molar-refractivity contribution >= 4 is 40.4 Å². The van der Waals surface area contributed by atoms with Gasteiger partial charge in [0.1, 0.15) is 13.2 Å². The molecule has 6 nitrogen and oxygen atoms in total. The van der Waals surface area contributed by atoms with E-state index in [4.69, 9.17) is 9.47 Å². The molecule has 0 atom stereocenters. The molecule has 3 aromatic rings. The van der Waals surface area contributed by atoms with E-state index in [9.17, 15) is 14.2 Å². The molecule has 0 aliphatic carbocycles. The summed E-state index contributed by atoms with van der Waals surface area (Å²) < 4.78 is 25.3. The first-order valence-corrected chi connectivity index (χ1v) is 19.6. The lowest BCUT2D eigenvalue weighted by molar-refractivity contribution is -0.144. The first-order chi connectivity index (χ1) is 20.5. The Labute approximate surface area is 258 Å². The molecule has 0 aliphatic heterocycles. The highest BCUT2D eigenvalue weighted by Gasteiger charge is 2.31. The third kappa shape index (κ3) is 13.5. The molecule has 1 amide bonds. The van der Waals surface area contributed by atoms with E-state index in [-0.39, 0.29) is 19.4 Å². The van der Waals surface area contributed by atoms with Crippen LogP contribution in [0.2, 0.25) is 0 Å². The Morgan fingerprint density at radius 3 is 1.71 bits per heavy atom. The zero-order valence-corrected chi connectivity index (χ0v) is 26.9. The summed E-state index contributed by atoms with van der Waals surface area (Å²) in [6.45, 7) is 2.08. The lowest BCUT2D eigenvalue weighted by Crippen LogP contribution is -2.37. The van der Waals surface area contributed by atoms with Gasteiger partial charge in [0.05, 0.1) is 12.9 Å². The van der Waals surface area contributed by atoms with Gasteiger partial charge in [0.15, 0.2) is 0 Å². The Morgan fingerprint density at radius 2 is 1.21 bits per heavy atom. The SMILES string of the molecule is CCCCOC(=O)CN(CP(=O)(SCCCc1ccccc1)SCCCc1ccccc1)C(=O)OCc1ccccc1. The topological polar surface area (TPSA) is 72.9 Å². The van der Waals surface area contributed by atoms with E-state index in [0.717, 1.165) is 44.1 Å². The molecule has 0 aliphatic rings. The van der Waals surface area contributed by atoms with Gasteiger partial charge in [0.2, 0.25) is 5.55 Å². The summed E-state index contributed by atoms with van der Waals surface area (Å²) in [6.07, 6.45) is 4.41. The maximum absolute atomic E-state index is 14.4. The molecule has 0 heterocycles. The minimum absolute atomic E-state index is 0.0600. The van der Waals surface area contributed by atoms with E-state index in [2.05, 4.69) is 24.3 Å². The van der Waals surface area contributed by atoms with E-state index in [1.54, 1.807) is 0 Å². The number of rotatable bonds is 19. The van der Waals surface area contributed by atoms with Gasteiger partial charge in [-0.15, -0.1) is 0 Å². The van der Waals surface area contributed by atoms with E-state index < -0.39 is 17.6 Å². The van der Waals surface area contributed by atoms with E-state index in [0.29, 0.717) is 18.1 Å². The zero-order valence-electron chi connectivity index (χ0n) is 24.4. The first-order valence-electron chi connectivity index (χ1n) is 14.5. The molecule has 0 saturated heterocycles. The number of ether oxygens (including phenoxy) is 2. The standard InChI is InChI=1S/C33H42NO5PS2/c1-2-3-23-38-32(35)26-34(33(36)39-27-31-19-11-6-12-20-31)28-40(37,41-24-13-21-29-15-7-4-8-16-29)42-25-14-22-30-17-9-5-10-18-30/h4-12,15-20H,2-3,13-14,21-28H2,1H3. The van der Waals surface area contributed by atoms with Crippen molar-refractivity contribution in [3.63, 3.8) is 0 Å². The molecule has 226 valence electrons. The highest BCUT2D eigenvalue weighted by atomic mass is 33.1.